The van der Waals surface area contributed by atoms with E-state index in [-0.39, 0.29) is 18.1 Å². The van der Waals surface area contributed by atoms with E-state index in [2.05, 4.69) is 9.89 Å². The van der Waals surface area contributed by atoms with Gasteiger partial charge in [-0.15, -0.1) is 0 Å². The second-order valence-corrected chi connectivity index (χ2v) is 8.71. The van der Waals surface area contributed by atoms with Gasteiger partial charge in [0.05, 0.1) is 17.1 Å². The van der Waals surface area contributed by atoms with Gasteiger partial charge >= 0.3 is 0 Å². The lowest BCUT2D eigenvalue weighted by atomic mass is 10.2. The Morgan fingerprint density at radius 1 is 1.14 bits per heavy atom. The highest BCUT2D eigenvalue weighted by Gasteiger charge is 2.31. The van der Waals surface area contributed by atoms with Crippen LogP contribution >= 0.6 is 35.0 Å². The van der Waals surface area contributed by atoms with Crippen LogP contribution in [0.3, 0.4) is 0 Å². The van der Waals surface area contributed by atoms with E-state index in [9.17, 15) is 4.79 Å². The van der Waals surface area contributed by atoms with Gasteiger partial charge in [0.2, 0.25) is 0 Å². The molecular formula is C20H18Cl2N2O3S. The molecule has 0 spiro atoms. The molecule has 0 aliphatic carbocycles. The molecule has 5 nitrogen and oxygen atoms in total. The molecule has 146 valence electrons. The first kappa shape index (κ1) is 19.6. The van der Waals surface area contributed by atoms with Gasteiger partial charge in [0.1, 0.15) is 11.5 Å². The summed E-state index contributed by atoms with van der Waals surface area (Å²) in [5.41, 5.74) is 0.779. The lowest BCUT2D eigenvalue weighted by molar-refractivity contribution is -0.113. The van der Waals surface area contributed by atoms with Crippen LogP contribution in [0.1, 0.15) is 19.6 Å². The van der Waals surface area contributed by atoms with Crippen molar-refractivity contribution in [2.45, 2.75) is 26.1 Å². The normalized spacial score (nSPS) is 24.1. The standard InChI is InChI=1S/C20H18Cl2N2O3S/c1-11-9-24(10-12(2)26-11)20-23-19(25)18(28-20)8-16-3-4-17(27-16)13-5-14(21)7-15(22)6-13/h3-8,11-12H,9-10H2,1-2H3/b18-8+. The summed E-state index contributed by atoms with van der Waals surface area (Å²) in [6, 6.07) is 8.85. The Morgan fingerprint density at radius 3 is 2.50 bits per heavy atom. The van der Waals surface area contributed by atoms with Crippen LogP contribution in [-0.4, -0.2) is 41.3 Å². The fraction of sp³-hybridized carbons (Fsp3) is 0.300. The van der Waals surface area contributed by atoms with Gasteiger partial charge in [0, 0.05) is 34.8 Å². The van der Waals surface area contributed by atoms with Crippen LogP contribution < -0.4 is 0 Å². The summed E-state index contributed by atoms with van der Waals surface area (Å²) in [5.74, 6) is 0.946. The van der Waals surface area contributed by atoms with Crippen LogP contribution in [0.15, 0.2) is 44.6 Å². The summed E-state index contributed by atoms with van der Waals surface area (Å²) >= 11 is 13.5. The molecule has 4 rings (SSSR count). The summed E-state index contributed by atoms with van der Waals surface area (Å²) in [5, 5.41) is 1.78. The number of hydrogen-bond acceptors (Lipinski definition) is 5. The summed E-state index contributed by atoms with van der Waals surface area (Å²) in [4.78, 5) is 19.2. The quantitative estimate of drug-likeness (QED) is 0.595. The van der Waals surface area contributed by atoms with Crippen molar-refractivity contribution in [3.05, 3.63) is 51.0 Å². The lowest BCUT2D eigenvalue weighted by Gasteiger charge is -2.35. The SMILES string of the molecule is CC1CN(C2=NC(=O)/C(=C\c3ccc(-c4cc(Cl)cc(Cl)c4)o3)S2)CC(C)O1. The first-order valence-electron chi connectivity index (χ1n) is 8.86. The Hall–Kier alpha value is -1.73. The van der Waals surface area contributed by atoms with Crippen LogP contribution in [0.4, 0.5) is 0 Å². The van der Waals surface area contributed by atoms with Gasteiger partial charge in [0.25, 0.3) is 5.91 Å². The zero-order valence-electron chi connectivity index (χ0n) is 15.3. The molecule has 2 aromatic rings. The molecule has 0 saturated carbocycles. The Morgan fingerprint density at radius 2 is 1.82 bits per heavy atom. The fourth-order valence-electron chi connectivity index (χ4n) is 3.28. The van der Waals surface area contributed by atoms with Gasteiger partial charge in [-0.3, -0.25) is 4.79 Å². The predicted octanol–water partition coefficient (Wildman–Crippen LogP) is 5.33. The number of aliphatic imine (C=N–C) groups is 1. The van der Waals surface area contributed by atoms with E-state index in [1.807, 2.05) is 26.0 Å². The number of thioether (sulfide) groups is 1. The van der Waals surface area contributed by atoms with Crippen LogP contribution in [-0.2, 0) is 9.53 Å². The summed E-state index contributed by atoms with van der Waals surface area (Å²) < 4.78 is 11.6. The second-order valence-electron chi connectivity index (χ2n) is 6.83. The molecule has 2 atom stereocenters. The highest BCUT2D eigenvalue weighted by molar-refractivity contribution is 8.18. The van der Waals surface area contributed by atoms with Crippen molar-refractivity contribution in [3.8, 4) is 11.3 Å². The van der Waals surface area contributed by atoms with Gasteiger partial charge in [-0.05, 0) is 55.9 Å². The van der Waals surface area contributed by atoms with Gasteiger partial charge in [-0.1, -0.05) is 23.2 Å². The third-order valence-corrected chi connectivity index (χ3v) is 5.83. The van der Waals surface area contributed by atoms with Crippen molar-refractivity contribution >= 4 is 52.1 Å². The van der Waals surface area contributed by atoms with Crippen molar-refractivity contribution in [1.29, 1.82) is 0 Å². The number of furan rings is 1. The molecule has 2 aliphatic rings. The number of morpholine rings is 1. The van der Waals surface area contributed by atoms with E-state index in [1.165, 1.54) is 11.8 Å². The summed E-state index contributed by atoms with van der Waals surface area (Å²) in [6.45, 7) is 5.48. The first-order chi connectivity index (χ1) is 13.4. The zero-order valence-corrected chi connectivity index (χ0v) is 17.6. The predicted molar refractivity (Wildman–Crippen MR) is 114 cm³/mol. The number of hydrogen-bond donors (Lipinski definition) is 0. The molecule has 0 N–H and O–H groups in total. The third kappa shape index (κ3) is 4.30. The molecule has 1 fully saturated rings. The number of carbonyl (C=O) groups is 1. The molecule has 1 aromatic carbocycles. The van der Waals surface area contributed by atoms with Crippen molar-refractivity contribution < 1.29 is 13.9 Å². The molecule has 28 heavy (non-hydrogen) atoms. The summed E-state index contributed by atoms with van der Waals surface area (Å²) in [6.07, 6.45) is 1.92. The molecule has 1 saturated heterocycles. The maximum Gasteiger partial charge on any atom is 0.286 e. The molecule has 3 heterocycles. The molecule has 1 aromatic heterocycles. The number of amides is 1. The van der Waals surface area contributed by atoms with Crippen molar-refractivity contribution in [1.82, 2.24) is 4.90 Å². The Labute approximate surface area is 177 Å². The van der Waals surface area contributed by atoms with Gasteiger partial charge in [0.15, 0.2) is 5.17 Å². The number of rotatable bonds is 2. The first-order valence-corrected chi connectivity index (χ1v) is 10.4. The maximum atomic E-state index is 12.3. The smallest absolute Gasteiger partial charge is 0.286 e. The Balaban J connectivity index is 1.51. The zero-order chi connectivity index (χ0) is 19.8. The monoisotopic (exact) mass is 436 g/mol. The van der Waals surface area contributed by atoms with E-state index in [0.29, 0.717) is 31.6 Å². The highest BCUT2D eigenvalue weighted by atomic mass is 35.5. The molecule has 1 amide bonds. The number of amidine groups is 1. The minimum absolute atomic E-state index is 0.104. The molecule has 0 bridgehead atoms. The van der Waals surface area contributed by atoms with Crippen molar-refractivity contribution in [3.63, 3.8) is 0 Å². The molecule has 0 radical (unpaired) electrons. The van der Waals surface area contributed by atoms with Crippen LogP contribution in [0.2, 0.25) is 10.0 Å². The topological polar surface area (TPSA) is 55.0 Å². The number of ether oxygens (including phenoxy) is 1. The highest BCUT2D eigenvalue weighted by Crippen LogP contribution is 2.33. The van der Waals surface area contributed by atoms with Gasteiger partial charge < -0.3 is 14.1 Å². The van der Waals surface area contributed by atoms with Gasteiger partial charge in [-0.2, -0.15) is 4.99 Å². The van der Waals surface area contributed by atoms with E-state index >= 15 is 0 Å². The number of carbonyl (C=O) groups excluding carboxylic acids is 1. The van der Waals surface area contributed by atoms with Crippen molar-refractivity contribution in [2.75, 3.05) is 13.1 Å². The van der Waals surface area contributed by atoms with E-state index in [0.717, 1.165) is 18.7 Å². The number of nitrogens with zero attached hydrogens (tertiary/aromatic N) is 2. The third-order valence-electron chi connectivity index (χ3n) is 4.35. The minimum Gasteiger partial charge on any atom is -0.457 e. The average molecular weight is 437 g/mol. The van der Waals surface area contributed by atoms with Crippen molar-refractivity contribution in [2.24, 2.45) is 4.99 Å². The molecular weight excluding hydrogens is 419 g/mol. The minimum atomic E-state index is -0.254. The fourth-order valence-corrected chi connectivity index (χ4v) is 4.72. The van der Waals surface area contributed by atoms with E-state index < -0.39 is 0 Å². The van der Waals surface area contributed by atoms with Crippen LogP contribution in [0.25, 0.3) is 17.4 Å². The van der Waals surface area contributed by atoms with E-state index in [4.69, 9.17) is 32.4 Å². The second kappa shape index (κ2) is 7.95. The molecule has 2 aliphatic heterocycles. The van der Waals surface area contributed by atoms with Crippen LogP contribution in [0, 0.1) is 0 Å². The Kier molecular flexibility index (Phi) is 5.56. The lowest BCUT2D eigenvalue weighted by Crippen LogP contribution is -2.47. The maximum absolute atomic E-state index is 12.3. The van der Waals surface area contributed by atoms with Crippen LogP contribution in [0.5, 0.6) is 0 Å². The number of benzene rings is 1. The number of halogens is 2. The largest absolute Gasteiger partial charge is 0.457 e. The van der Waals surface area contributed by atoms with Gasteiger partial charge in [-0.25, -0.2) is 0 Å². The molecule has 8 heteroatoms. The van der Waals surface area contributed by atoms with E-state index in [1.54, 1.807) is 24.3 Å². The average Bonchev–Trinajstić information content (AvgIpc) is 3.21. The summed E-state index contributed by atoms with van der Waals surface area (Å²) in [7, 11) is 0. The molecule has 2 unspecified atom stereocenters. The Bertz CT molecular complexity index is 955.